The van der Waals surface area contributed by atoms with Gasteiger partial charge in [0.15, 0.2) is 0 Å². The number of fused-ring (bicyclic) bond motifs is 1. The Balaban J connectivity index is 1.43. The minimum Gasteiger partial charge on any atom is -0.390 e. The Morgan fingerprint density at radius 3 is 2.69 bits per heavy atom. The van der Waals surface area contributed by atoms with Crippen molar-refractivity contribution < 1.29 is 9.90 Å². The second kappa shape index (κ2) is 8.66. The molecule has 5 nitrogen and oxygen atoms in total. The number of piperidine rings is 1. The van der Waals surface area contributed by atoms with Crippen molar-refractivity contribution in [2.45, 2.75) is 78.4 Å². The van der Waals surface area contributed by atoms with Crippen LogP contribution in [0.4, 0.5) is 5.82 Å². The van der Waals surface area contributed by atoms with E-state index in [1.807, 2.05) is 13.8 Å². The van der Waals surface area contributed by atoms with E-state index in [1.54, 1.807) is 0 Å². The number of aromatic nitrogens is 1. The van der Waals surface area contributed by atoms with Crippen molar-refractivity contribution in [3.05, 3.63) is 35.9 Å². The maximum absolute atomic E-state index is 13.3. The standard InChI is InChI=1S/C27H39N3O2/c1-18-8-6-9-19-12-13-23(29-24(18)19)30-15-14-22(26(2,3)17-30)25(31)28-21-11-7-10-20(16-21)27(4,5)32/h6,8-9,12-13,20-22,32H,7,10-11,14-17H2,1-5H3,(H,28,31)/t20-,21-,22?/m0/s1. The van der Waals surface area contributed by atoms with E-state index < -0.39 is 5.60 Å². The van der Waals surface area contributed by atoms with Gasteiger partial charge in [0.1, 0.15) is 5.82 Å². The number of benzene rings is 1. The molecule has 1 unspecified atom stereocenters. The Bertz CT molecular complexity index is 979. The van der Waals surface area contributed by atoms with E-state index in [9.17, 15) is 9.90 Å². The van der Waals surface area contributed by atoms with Crippen LogP contribution in [-0.4, -0.2) is 40.7 Å². The van der Waals surface area contributed by atoms with E-state index in [2.05, 4.69) is 61.3 Å². The first-order chi connectivity index (χ1) is 15.0. The molecule has 0 bridgehead atoms. The summed E-state index contributed by atoms with van der Waals surface area (Å²) in [6, 6.07) is 10.7. The summed E-state index contributed by atoms with van der Waals surface area (Å²) in [4.78, 5) is 20.6. The van der Waals surface area contributed by atoms with Crippen LogP contribution in [0.2, 0.25) is 0 Å². The summed E-state index contributed by atoms with van der Waals surface area (Å²) < 4.78 is 0. The van der Waals surface area contributed by atoms with Crippen LogP contribution in [-0.2, 0) is 4.79 Å². The predicted octanol–water partition coefficient (Wildman–Crippen LogP) is 4.84. The lowest BCUT2D eigenvalue weighted by Crippen LogP contribution is -2.53. The van der Waals surface area contributed by atoms with Crippen LogP contribution in [0.3, 0.4) is 0 Å². The number of aryl methyl sites for hydroxylation is 1. The summed E-state index contributed by atoms with van der Waals surface area (Å²) in [5.74, 6) is 1.42. The number of nitrogens with zero attached hydrogens (tertiary/aromatic N) is 2. The monoisotopic (exact) mass is 437 g/mol. The van der Waals surface area contributed by atoms with Gasteiger partial charge in [0.05, 0.1) is 11.1 Å². The van der Waals surface area contributed by atoms with Crippen LogP contribution in [0, 0.1) is 24.2 Å². The maximum Gasteiger partial charge on any atom is 0.224 e. The molecule has 1 amide bonds. The highest BCUT2D eigenvalue weighted by atomic mass is 16.3. The van der Waals surface area contributed by atoms with E-state index in [0.29, 0.717) is 0 Å². The third-order valence-electron chi connectivity index (χ3n) is 7.80. The molecule has 1 aliphatic carbocycles. The number of carbonyl (C=O) groups excluding carboxylic acids is 1. The molecule has 2 aromatic rings. The van der Waals surface area contributed by atoms with Gasteiger partial charge in [-0.15, -0.1) is 0 Å². The van der Waals surface area contributed by atoms with Crippen LogP contribution in [0.25, 0.3) is 10.9 Å². The molecule has 2 aliphatic rings. The van der Waals surface area contributed by atoms with E-state index in [1.165, 1.54) is 10.9 Å². The summed E-state index contributed by atoms with van der Waals surface area (Å²) in [6.45, 7) is 11.9. The Labute approximate surface area is 192 Å². The number of amides is 1. The Morgan fingerprint density at radius 2 is 1.97 bits per heavy atom. The molecule has 1 saturated heterocycles. The maximum atomic E-state index is 13.3. The molecule has 1 aliphatic heterocycles. The van der Waals surface area contributed by atoms with Gasteiger partial charge in [-0.05, 0) is 75.5 Å². The largest absolute Gasteiger partial charge is 0.390 e. The van der Waals surface area contributed by atoms with E-state index >= 15 is 0 Å². The first-order valence-corrected chi connectivity index (χ1v) is 12.2. The average molecular weight is 438 g/mol. The third kappa shape index (κ3) is 4.78. The molecule has 1 aromatic carbocycles. The number of para-hydroxylation sites is 1. The molecular weight excluding hydrogens is 398 g/mol. The molecule has 1 aromatic heterocycles. The lowest BCUT2D eigenvalue weighted by molar-refractivity contribution is -0.130. The summed E-state index contributed by atoms with van der Waals surface area (Å²) in [5.41, 5.74) is 1.42. The van der Waals surface area contributed by atoms with Gasteiger partial charge < -0.3 is 15.3 Å². The highest BCUT2D eigenvalue weighted by Gasteiger charge is 2.42. The fraction of sp³-hybridized carbons (Fsp3) is 0.630. The van der Waals surface area contributed by atoms with Crippen LogP contribution in [0.1, 0.15) is 65.4 Å². The van der Waals surface area contributed by atoms with Crippen molar-refractivity contribution in [1.82, 2.24) is 10.3 Å². The Hall–Kier alpha value is -2.14. The summed E-state index contributed by atoms with van der Waals surface area (Å²) in [7, 11) is 0. The first kappa shape index (κ1) is 23.0. The minimum atomic E-state index is -0.681. The van der Waals surface area contributed by atoms with Crippen molar-refractivity contribution in [1.29, 1.82) is 0 Å². The average Bonchev–Trinajstić information content (AvgIpc) is 2.72. The zero-order valence-electron chi connectivity index (χ0n) is 20.3. The quantitative estimate of drug-likeness (QED) is 0.718. The van der Waals surface area contributed by atoms with Crippen molar-refractivity contribution in [2.75, 3.05) is 18.0 Å². The van der Waals surface area contributed by atoms with Gasteiger partial charge >= 0.3 is 0 Å². The van der Waals surface area contributed by atoms with Crippen molar-refractivity contribution >= 4 is 22.6 Å². The van der Waals surface area contributed by atoms with Gasteiger partial charge in [-0.2, -0.15) is 0 Å². The van der Waals surface area contributed by atoms with Gasteiger partial charge in [0, 0.05) is 30.4 Å². The lowest BCUT2D eigenvalue weighted by Gasteiger charge is -2.45. The molecule has 0 spiro atoms. The topological polar surface area (TPSA) is 65.5 Å². The highest BCUT2D eigenvalue weighted by molar-refractivity contribution is 5.83. The summed E-state index contributed by atoms with van der Waals surface area (Å²) >= 11 is 0. The van der Waals surface area contributed by atoms with Crippen molar-refractivity contribution in [3.8, 4) is 0 Å². The molecule has 2 heterocycles. The number of rotatable bonds is 4. The molecule has 0 radical (unpaired) electrons. The van der Waals surface area contributed by atoms with Gasteiger partial charge in [-0.3, -0.25) is 4.79 Å². The number of nitrogens with one attached hydrogen (secondary N) is 1. The van der Waals surface area contributed by atoms with Crippen LogP contribution >= 0.6 is 0 Å². The smallest absolute Gasteiger partial charge is 0.224 e. The third-order valence-corrected chi connectivity index (χ3v) is 7.80. The molecule has 5 heteroatoms. The second-order valence-electron chi connectivity index (χ2n) is 11.3. The highest BCUT2D eigenvalue weighted by Crippen LogP contribution is 2.38. The zero-order chi connectivity index (χ0) is 23.1. The van der Waals surface area contributed by atoms with Gasteiger partial charge in [-0.1, -0.05) is 38.5 Å². The molecule has 1 saturated carbocycles. The number of pyridine rings is 1. The Morgan fingerprint density at radius 1 is 1.19 bits per heavy atom. The number of hydrogen-bond acceptors (Lipinski definition) is 4. The predicted molar refractivity (Wildman–Crippen MR) is 131 cm³/mol. The van der Waals surface area contributed by atoms with Gasteiger partial charge in [0.25, 0.3) is 0 Å². The van der Waals surface area contributed by atoms with Crippen molar-refractivity contribution in [2.24, 2.45) is 17.3 Å². The van der Waals surface area contributed by atoms with Crippen molar-refractivity contribution in [3.63, 3.8) is 0 Å². The first-order valence-electron chi connectivity index (χ1n) is 12.2. The SMILES string of the molecule is Cc1cccc2ccc(N3CCC(C(=O)N[C@H]4CCC[C@H](C(C)(C)O)C4)C(C)(C)C3)nc12. The normalized spacial score (nSPS) is 26.2. The molecule has 4 rings (SSSR count). The van der Waals surface area contributed by atoms with Crippen LogP contribution in [0.15, 0.2) is 30.3 Å². The zero-order valence-corrected chi connectivity index (χ0v) is 20.3. The Kier molecular flexibility index (Phi) is 6.23. The lowest BCUT2D eigenvalue weighted by atomic mass is 9.72. The number of carbonyl (C=O) groups is 1. The fourth-order valence-electron chi connectivity index (χ4n) is 5.76. The van der Waals surface area contributed by atoms with Gasteiger partial charge in [-0.25, -0.2) is 4.98 Å². The summed E-state index contributed by atoms with van der Waals surface area (Å²) in [5, 5.41) is 14.9. The number of hydrogen-bond donors (Lipinski definition) is 2. The molecule has 32 heavy (non-hydrogen) atoms. The fourth-order valence-corrected chi connectivity index (χ4v) is 5.76. The molecule has 2 fully saturated rings. The van der Waals surface area contributed by atoms with E-state index in [4.69, 9.17) is 4.98 Å². The van der Waals surface area contributed by atoms with Gasteiger partial charge in [0.2, 0.25) is 5.91 Å². The minimum absolute atomic E-state index is 0.0107. The van der Waals surface area contributed by atoms with Crippen LogP contribution < -0.4 is 10.2 Å². The molecule has 3 atom stereocenters. The number of aliphatic hydroxyl groups is 1. The molecule has 2 N–H and O–H groups in total. The number of anilines is 1. The molecular formula is C27H39N3O2. The summed E-state index contributed by atoms with van der Waals surface area (Å²) in [6.07, 6.45) is 4.81. The van der Waals surface area contributed by atoms with Crippen LogP contribution in [0.5, 0.6) is 0 Å². The molecule has 174 valence electrons. The second-order valence-corrected chi connectivity index (χ2v) is 11.3. The van der Waals surface area contributed by atoms with E-state index in [-0.39, 0.29) is 29.2 Å². The van der Waals surface area contributed by atoms with E-state index in [0.717, 1.165) is 56.5 Å².